The van der Waals surface area contributed by atoms with Gasteiger partial charge in [0.2, 0.25) is 0 Å². The van der Waals surface area contributed by atoms with Crippen molar-refractivity contribution in [2.45, 2.75) is 39.2 Å². The van der Waals surface area contributed by atoms with E-state index in [1.54, 1.807) is 0 Å². The second-order valence-corrected chi connectivity index (χ2v) is 6.56. The lowest BCUT2D eigenvalue weighted by atomic mass is 10.1. The molecule has 0 unspecified atom stereocenters. The summed E-state index contributed by atoms with van der Waals surface area (Å²) in [7, 11) is 0. The highest BCUT2D eigenvalue weighted by Crippen LogP contribution is 2.26. The minimum atomic E-state index is 0.760. The van der Waals surface area contributed by atoms with Gasteiger partial charge in [-0.25, -0.2) is 0 Å². The maximum absolute atomic E-state index is 6.03. The summed E-state index contributed by atoms with van der Waals surface area (Å²) < 4.78 is 6.03. The van der Waals surface area contributed by atoms with Crippen molar-refractivity contribution < 1.29 is 9.57 Å². The molecule has 0 bridgehead atoms. The first-order valence-electron chi connectivity index (χ1n) is 9.32. The minimum Gasteiger partial charge on any atom is -0.457 e. The molecule has 0 saturated carbocycles. The number of hydroxylamine groups is 1. The Kier molecular flexibility index (Phi) is 6.71. The summed E-state index contributed by atoms with van der Waals surface area (Å²) in [6.45, 7) is 6.34. The van der Waals surface area contributed by atoms with Gasteiger partial charge in [-0.05, 0) is 62.2 Å². The van der Waals surface area contributed by atoms with E-state index in [2.05, 4.69) is 35.5 Å². The molecule has 1 aliphatic heterocycles. The summed E-state index contributed by atoms with van der Waals surface area (Å²) in [6, 6.07) is 16.1. The van der Waals surface area contributed by atoms with Crippen molar-refractivity contribution in [3.8, 4) is 17.2 Å². The highest BCUT2D eigenvalue weighted by molar-refractivity contribution is 5.38. The normalized spacial score (nSPS) is 15.1. The molecular weight excluding hydrogens is 312 g/mol. The van der Waals surface area contributed by atoms with E-state index < -0.39 is 0 Å². The summed E-state index contributed by atoms with van der Waals surface area (Å²) in [4.78, 5) is 8.04. The number of likely N-dealkylation sites (tertiary alicyclic amines) is 1. The fraction of sp³-hybridized carbons (Fsp3) is 0.429. The molecule has 1 heterocycles. The van der Waals surface area contributed by atoms with Crippen LogP contribution in [0.5, 0.6) is 17.2 Å². The molecule has 0 radical (unpaired) electrons. The Morgan fingerprint density at radius 2 is 1.64 bits per heavy atom. The summed E-state index contributed by atoms with van der Waals surface area (Å²) in [5.74, 6) is 2.41. The summed E-state index contributed by atoms with van der Waals surface area (Å²) in [6.07, 6.45) is 5.02. The van der Waals surface area contributed by atoms with Crippen molar-refractivity contribution in [2.75, 3.05) is 19.6 Å². The van der Waals surface area contributed by atoms with Gasteiger partial charge in [-0.2, -0.15) is 5.48 Å². The molecule has 2 aromatic rings. The molecule has 1 fully saturated rings. The highest BCUT2D eigenvalue weighted by Gasteiger charge is 2.10. The monoisotopic (exact) mass is 340 g/mol. The number of nitrogens with one attached hydrogen (secondary N) is 1. The van der Waals surface area contributed by atoms with Crippen LogP contribution in [0.25, 0.3) is 0 Å². The molecule has 0 aromatic heterocycles. The van der Waals surface area contributed by atoms with Crippen LogP contribution in [0, 0.1) is 0 Å². The number of benzene rings is 2. The van der Waals surface area contributed by atoms with Crippen LogP contribution in [-0.4, -0.2) is 24.5 Å². The Hall–Kier alpha value is -2.04. The molecule has 134 valence electrons. The zero-order chi connectivity index (χ0) is 17.3. The third-order valence-corrected chi connectivity index (χ3v) is 4.34. The molecule has 0 amide bonds. The van der Waals surface area contributed by atoms with Gasteiger partial charge >= 0.3 is 0 Å². The quantitative estimate of drug-likeness (QED) is 0.555. The second kappa shape index (κ2) is 9.44. The maximum Gasteiger partial charge on any atom is 0.150 e. The van der Waals surface area contributed by atoms with Crippen LogP contribution in [0.4, 0.5) is 0 Å². The van der Waals surface area contributed by atoms with Gasteiger partial charge in [-0.3, -0.25) is 4.90 Å². The largest absolute Gasteiger partial charge is 0.457 e. The van der Waals surface area contributed by atoms with E-state index in [9.17, 15) is 0 Å². The van der Waals surface area contributed by atoms with E-state index in [0.717, 1.165) is 36.8 Å². The van der Waals surface area contributed by atoms with Crippen LogP contribution in [-0.2, 0) is 6.54 Å². The number of hydrogen-bond acceptors (Lipinski definition) is 4. The average Bonchev–Trinajstić information content (AvgIpc) is 2.63. The van der Waals surface area contributed by atoms with Crippen molar-refractivity contribution >= 4 is 0 Å². The first-order chi connectivity index (χ1) is 12.3. The molecule has 1 saturated heterocycles. The minimum absolute atomic E-state index is 0.760. The van der Waals surface area contributed by atoms with Crippen molar-refractivity contribution in [2.24, 2.45) is 0 Å². The Labute approximate surface area is 150 Å². The lowest BCUT2D eigenvalue weighted by Crippen LogP contribution is -2.29. The van der Waals surface area contributed by atoms with Crippen LogP contribution >= 0.6 is 0 Å². The maximum atomic E-state index is 6.03. The van der Waals surface area contributed by atoms with Crippen LogP contribution in [0.15, 0.2) is 48.5 Å². The van der Waals surface area contributed by atoms with E-state index in [1.165, 1.54) is 37.9 Å². The molecule has 2 aromatic carbocycles. The predicted molar refractivity (Wildman–Crippen MR) is 101 cm³/mol. The molecule has 25 heavy (non-hydrogen) atoms. The van der Waals surface area contributed by atoms with E-state index in [4.69, 9.17) is 9.57 Å². The fourth-order valence-corrected chi connectivity index (χ4v) is 3.06. The lowest BCUT2D eigenvalue weighted by molar-refractivity contribution is 0.195. The van der Waals surface area contributed by atoms with Gasteiger partial charge in [-0.1, -0.05) is 31.5 Å². The van der Waals surface area contributed by atoms with E-state index in [1.807, 2.05) is 30.3 Å². The SMILES string of the molecule is CCCNOc1cccc(Oc2cccc(CN3CCCCC3)c2)c1. The summed E-state index contributed by atoms with van der Waals surface area (Å²) in [5.41, 5.74) is 4.24. The van der Waals surface area contributed by atoms with Gasteiger partial charge in [0.1, 0.15) is 11.5 Å². The number of rotatable bonds is 8. The number of hydrogen-bond donors (Lipinski definition) is 1. The molecule has 1 N–H and O–H groups in total. The van der Waals surface area contributed by atoms with Crippen molar-refractivity contribution in [1.29, 1.82) is 0 Å². The Balaban J connectivity index is 1.60. The molecule has 0 aliphatic carbocycles. The van der Waals surface area contributed by atoms with Crippen LogP contribution in [0.2, 0.25) is 0 Å². The zero-order valence-electron chi connectivity index (χ0n) is 15.0. The number of ether oxygens (including phenoxy) is 1. The zero-order valence-corrected chi connectivity index (χ0v) is 15.0. The smallest absolute Gasteiger partial charge is 0.150 e. The third-order valence-electron chi connectivity index (χ3n) is 4.34. The van der Waals surface area contributed by atoms with E-state index >= 15 is 0 Å². The van der Waals surface area contributed by atoms with E-state index in [-0.39, 0.29) is 0 Å². The molecule has 0 atom stereocenters. The number of piperidine rings is 1. The van der Waals surface area contributed by atoms with E-state index in [0.29, 0.717) is 0 Å². The van der Waals surface area contributed by atoms with Crippen LogP contribution in [0.1, 0.15) is 38.2 Å². The summed E-state index contributed by atoms with van der Waals surface area (Å²) >= 11 is 0. The summed E-state index contributed by atoms with van der Waals surface area (Å²) in [5, 5.41) is 0. The second-order valence-electron chi connectivity index (χ2n) is 6.56. The first kappa shape index (κ1) is 17.8. The standard InChI is InChI=1S/C21H28N2O2/c1-2-12-22-25-21-11-7-10-20(16-21)24-19-9-6-8-18(15-19)17-23-13-4-3-5-14-23/h6-11,15-16,22H,2-5,12-14,17H2,1H3. The van der Waals surface area contributed by atoms with Gasteiger partial charge in [0.15, 0.2) is 5.75 Å². The van der Waals surface area contributed by atoms with Gasteiger partial charge in [0, 0.05) is 19.2 Å². The molecule has 3 rings (SSSR count). The molecular formula is C21H28N2O2. The van der Waals surface area contributed by atoms with Gasteiger partial charge in [-0.15, -0.1) is 0 Å². The lowest BCUT2D eigenvalue weighted by Gasteiger charge is -2.26. The topological polar surface area (TPSA) is 33.7 Å². The van der Waals surface area contributed by atoms with Crippen molar-refractivity contribution in [1.82, 2.24) is 10.4 Å². The fourth-order valence-electron chi connectivity index (χ4n) is 3.06. The average molecular weight is 340 g/mol. The van der Waals surface area contributed by atoms with Crippen molar-refractivity contribution in [3.63, 3.8) is 0 Å². The molecule has 0 spiro atoms. The van der Waals surface area contributed by atoms with Crippen LogP contribution in [0.3, 0.4) is 0 Å². The van der Waals surface area contributed by atoms with Crippen molar-refractivity contribution in [3.05, 3.63) is 54.1 Å². The van der Waals surface area contributed by atoms with Gasteiger partial charge < -0.3 is 9.57 Å². The highest BCUT2D eigenvalue weighted by atomic mass is 16.6. The Bertz CT molecular complexity index is 654. The molecule has 4 heteroatoms. The van der Waals surface area contributed by atoms with Gasteiger partial charge in [0.05, 0.1) is 0 Å². The molecule has 1 aliphatic rings. The first-order valence-corrected chi connectivity index (χ1v) is 9.32. The molecule has 4 nitrogen and oxygen atoms in total. The van der Waals surface area contributed by atoms with Gasteiger partial charge in [0.25, 0.3) is 0 Å². The third kappa shape index (κ3) is 5.76. The number of nitrogens with zero attached hydrogens (tertiary/aromatic N) is 1. The predicted octanol–water partition coefficient (Wildman–Crippen LogP) is 4.76. The Morgan fingerprint density at radius 1 is 0.920 bits per heavy atom. The Morgan fingerprint density at radius 3 is 2.44 bits per heavy atom. The van der Waals surface area contributed by atoms with Crippen LogP contribution < -0.4 is 15.1 Å².